The summed E-state index contributed by atoms with van der Waals surface area (Å²) in [5.74, 6) is 1.94. The van der Waals surface area contributed by atoms with Crippen LogP contribution in [0.1, 0.15) is 71.1 Å². The van der Waals surface area contributed by atoms with Crippen molar-refractivity contribution in [3.05, 3.63) is 0 Å². The van der Waals surface area contributed by atoms with Crippen LogP contribution >= 0.6 is 0 Å². The molecule has 4 unspecified atom stereocenters. The quantitative estimate of drug-likeness (QED) is 0.480. The fraction of sp³-hybridized carbons (Fsp3) is 0.941. The second-order valence-electron chi connectivity index (χ2n) is 7.30. The van der Waals surface area contributed by atoms with Crippen LogP contribution in [-0.2, 0) is 0 Å². The third-order valence-electron chi connectivity index (χ3n) is 6.08. The van der Waals surface area contributed by atoms with E-state index in [9.17, 15) is 0 Å². The van der Waals surface area contributed by atoms with Gasteiger partial charge in [0.15, 0.2) is 0 Å². The molecule has 3 aliphatic rings. The minimum atomic E-state index is 0.377. The van der Waals surface area contributed by atoms with Gasteiger partial charge in [-0.2, -0.15) is 0 Å². The summed E-state index contributed by atoms with van der Waals surface area (Å²) in [6.07, 6.45) is 15.5. The van der Waals surface area contributed by atoms with Gasteiger partial charge in [0, 0.05) is 18.1 Å². The first-order valence-electron chi connectivity index (χ1n) is 8.76. The summed E-state index contributed by atoms with van der Waals surface area (Å²) in [5.41, 5.74) is 0. The van der Waals surface area contributed by atoms with Crippen molar-refractivity contribution in [2.45, 2.75) is 89.3 Å². The first-order valence-corrected chi connectivity index (χ1v) is 8.76. The molecule has 3 heteroatoms. The van der Waals surface area contributed by atoms with Crippen molar-refractivity contribution >= 4 is 6.21 Å². The van der Waals surface area contributed by atoms with Crippen LogP contribution in [0.3, 0.4) is 0 Å². The summed E-state index contributed by atoms with van der Waals surface area (Å²) in [4.78, 5) is 2.74. The number of hydrogen-bond donors (Lipinski definition) is 1. The van der Waals surface area contributed by atoms with Crippen molar-refractivity contribution in [3.8, 4) is 0 Å². The van der Waals surface area contributed by atoms with Gasteiger partial charge in [-0.25, -0.2) is 0 Å². The number of piperidine rings is 1. The molecular weight excluding hydrogens is 248 g/mol. The van der Waals surface area contributed by atoms with E-state index in [1.54, 1.807) is 6.21 Å². The molecule has 1 aliphatic heterocycles. The Morgan fingerprint density at radius 3 is 2.40 bits per heavy atom. The maximum Gasteiger partial charge on any atom is 0.0608 e. The number of nitrogens with zero attached hydrogens (tertiary/aromatic N) is 2. The van der Waals surface area contributed by atoms with Crippen LogP contribution in [0.4, 0.5) is 0 Å². The Morgan fingerprint density at radius 1 is 1.05 bits per heavy atom. The number of fused-ring (bicyclic) bond motifs is 2. The van der Waals surface area contributed by atoms with Crippen molar-refractivity contribution in [1.82, 2.24) is 4.90 Å². The lowest BCUT2D eigenvalue weighted by Crippen LogP contribution is -2.55. The molecule has 114 valence electrons. The van der Waals surface area contributed by atoms with Gasteiger partial charge in [-0.3, -0.25) is 4.90 Å². The first kappa shape index (κ1) is 14.4. The number of likely N-dealkylation sites (tertiary alicyclic amines) is 1. The van der Waals surface area contributed by atoms with Gasteiger partial charge >= 0.3 is 0 Å². The van der Waals surface area contributed by atoms with Gasteiger partial charge in [-0.15, -0.1) is 5.16 Å². The predicted molar refractivity (Wildman–Crippen MR) is 82.3 cm³/mol. The smallest absolute Gasteiger partial charge is 0.0608 e. The summed E-state index contributed by atoms with van der Waals surface area (Å²) in [6, 6.07) is 1.82. The van der Waals surface area contributed by atoms with Gasteiger partial charge in [0.05, 0.1) is 6.21 Å². The van der Waals surface area contributed by atoms with Crippen LogP contribution in [0.5, 0.6) is 0 Å². The molecule has 2 bridgehead atoms. The maximum absolute atomic E-state index is 9.00. The molecule has 3 nitrogen and oxygen atoms in total. The average molecular weight is 278 g/mol. The topological polar surface area (TPSA) is 35.8 Å². The summed E-state index contributed by atoms with van der Waals surface area (Å²) < 4.78 is 0. The lowest BCUT2D eigenvalue weighted by molar-refractivity contribution is 0.00872. The van der Waals surface area contributed by atoms with E-state index < -0.39 is 0 Å². The Hall–Kier alpha value is -0.570. The van der Waals surface area contributed by atoms with Crippen LogP contribution in [0, 0.1) is 11.8 Å². The molecule has 1 heterocycles. The third kappa shape index (κ3) is 2.88. The Bertz CT molecular complexity index is 332. The van der Waals surface area contributed by atoms with Crippen molar-refractivity contribution in [1.29, 1.82) is 0 Å². The minimum Gasteiger partial charge on any atom is -0.411 e. The number of oxime groups is 1. The molecule has 2 saturated carbocycles. The molecule has 3 rings (SSSR count). The number of rotatable bonds is 3. The van der Waals surface area contributed by atoms with Crippen molar-refractivity contribution < 1.29 is 5.21 Å². The van der Waals surface area contributed by atoms with E-state index in [4.69, 9.17) is 5.21 Å². The van der Waals surface area contributed by atoms with E-state index in [0.717, 1.165) is 17.9 Å². The molecular formula is C17H30N2O. The predicted octanol–water partition coefficient (Wildman–Crippen LogP) is 4.05. The van der Waals surface area contributed by atoms with Crippen molar-refractivity contribution in [3.63, 3.8) is 0 Å². The monoisotopic (exact) mass is 278 g/mol. The van der Waals surface area contributed by atoms with Crippen molar-refractivity contribution in [2.75, 3.05) is 0 Å². The van der Waals surface area contributed by atoms with Gasteiger partial charge in [0.25, 0.3) is 0 Å². The van der Waals surface area contributed by atoms with E-state index >= 15 is 0 Å². The molecule has 4 atom stereocenters. The minimum absolute atomic E-state index is 0.377. The molecule has 0 aromatic rings. The zero-order chi connectivity index (χ0) is 13.9. The SMILES string of the molecule is CCC1CCCC(/C=N\O)N1C1CC2CCCC(C2)C1. The Labute approximate surface area is 123 Å². The lowest BCUT2D eigenvalue weighted by atomic mass is 9.69. The second kappa shape index (κ2) is 6.46. The van der Waals surface area contributed by atoms with Crippen molar-refractivity contribution in [2.24, 2.45) is 17.0 Å². The third-order valence-corrected chi connectivity index (χ3v) is 6.08. The summed E-state index contributed by atoms with van der Waals surface area (Å²) in [7, 11) is 0. The Kier molecular flexibility index (Phi) is 4.65. The summed E-state index contributed by atoms with van der Waals surface area (Å²) in [6.45, 7) is 2.32. The highest BCUT2D eigenvalue weighted by molar-refractivity contribution is 5.64. The molecule has 0 aromatic heterocycles. The van der Waals surface area contributed by atoms with E-state index in [1.807, 2.05) is 0 Å². The summed E-state index contributed by atoms with van der Waals surface area (Å²) >= 11 is 0. The zero-order valence-corrected chi connectivity index (χ0v) is 12.9. The largest absolute Gasteiger partial charge is 0.411 e. The molecule has 0 radical (unpaired) electrons. The molecule has 3 fully saturated rings. The highest BCUT2D eigenvalue weighted by Crippen LogP contribution is 2.43. The summed E-state index contributed by atoms with van der Waals surface area (Å²) in [5, 5.41) is 12.4. The van der Waals surface area contributed by atoms with Gasteiger partial charge in [0.2, 0.25) is 0 Å². The fourth-order valence-corrected chi connectivity index (χ4v) is 5.28. The number of hydrogen-bond acceptors (Lipinski definition) is 3. The molecule has 0 amide bonds. The van der Waals surface area contributed by atoms with Gasteiger partial charge < -0.3 is 5.21 Å². The second-order valence-corrected chi connectivity index (χ2v) is 7.30. The standard InChI is InChI=1S/C17H30N2O/c1-2-15-7-4-8-16(12-18-20)19(15)17-10-13-5-3-6-14(9-13)11-17/h12-17,20H,2-11H2,1H3/b18-12-. The van der Waals surface area contributed by atoms with Crippen LogP contribution in [0.25, 0.3) is 0 Å². The van der Waals surface area contributed by atoms with Crippen LogP contribution < -0.4 is 0 Å². The molecule has 0 spiro atoms. The Morgan fingerprint density at radius 2 is 1.75 bits per heavy atom. The zero-order valence-electron chi connectivity index (χ0n) is 12.9. The highest BCUT2D eigenvalue weighted by Gasteiger charge is 2.40. The van der Waals surface area contributed by atoms with E-state index in [0.29, 0.717) is 12.1 Å². The molecule has 1 saturated heterocycles. The average Bonchev–Trinajstić information content (AvgIpc) is 2.47. The fourth-order valence-electron chi connectivity index (χ4n) is 5.28. The first-order chi connectivity index (χ1) is 9.81. The molecule has 2 aliphatic carbocycles. The van der Waals surface area contributed by atoms with Crippen LogP contribution in [0.15, 0.2) is 5.16 Å². The lowest BCUT2D eigenvalue weighted by Gasteiger charge is -2.50. The van der Waals surface area contributed by atoms with Gasteiger partial charge in [-0.05, 0) is 56.8 Å². The van der Waals surface area contributed by atoms with Gasteiger partial charge in [-0.1, -0.05) is 26.2 Å². The van der Waals surface area contributed by atoms with E-state index in [-0.39, 0.29) is 0 Å². The molecule has 0 aromatic carbocycles. The van der Waals surface area contributed by atoms with Crippen LogP contribution in [0.2, 0.25) is 0 Å². The normalized spacial score (nSPS) is 43.0. The van der Waals surface area contributed by atoms with E-state index in [2.05, 4.69) is 17.0 Å². The molecule has 20 heavy (non-hydrogen) atoms. The molecule has 1 N–H and O–H groups in total. The maximum atomic E-state index is 9.00. The highest BCUT2D eigenvalue weighted by atomic mass is 16.4. The van der Waals surface area contributed by atoms with E-state index in [1.165, 1.54) is 64.2 Å². The van der Waals surface area contributed by atoms with Crippen LogP contribution in [-0.4, -0.2) is 34.4 Å². The van der Waals surface area contributed by atoms with Gasteiger partial charge in [0.1, 0.15) is 0 Å². The Balaban J connectivity index is 1.76.